The third-order valence-corrected chi connectivity index (χ3v) is 3.52. The minimum atomic E-state index is -1.77. The molecule has 1 aromatic carbocycles. The zero-order chi connectivity index (χ0) is 15.5. The fourth-order valence-corrected chi connectivity index (χ4v) is 2.02. The van der Waals surface area contributed by atoms with E-state index in [0.717, 1.165) is 0 Å². The lowest BCUT2D eigenvalue weighted by Crippen LogP contribution is -2.52. The molecule has 1 aromatic rings. The fraction of sp³-hybridized carbons (Fsp3) is 0.333. The largest absolute Gasteiger partial charge is 0.380 e. The summed E-state index contributed by atoms with van der Waals surface area (Å²) in [6.07, 6.45) is 6.90. The summed E-state index contributed by atoms with van der Waals surface area (Å²) >= 11 is 0. The Bertz CT molecular complexity index is 576. The molecule has 6 nitrogen and oxygen atoms in total. The summed E-state index contributed by atoms with van der Waals surface area (Å²) in [5.41, 5.74) is -0.841. The van der Waals surface area contributed by atoms with Crippen LogP contribution < -0.4 is 0 Å². The van der Waals surface area contributed by atoms with E-state index < -0.39 is 16.3 Å². The van der Waals surface area contributed by atoms with Crippen LogP contribution in [0.4, 0.5) is 5.69 Å². The Labute approximate surface area is 122 Å². The second kappa shape index (κ2) is 5.77. The number of ether oxygens (including phenoxy) is 1. The quantitative estimate of drug-likeness (QED) is 0.492. The number of hydrogen-bond acceptors (Lipinski definition) is 5. The minimum absolute atomic E-state index is 0.00973. The standard InChI is InChI=1S/C15H17NO5/c1-14(17,15(18)9-3-2-4-10-15)21-11-12-5-7-13(8-6-12)16(19)20/h2-9,17-18H,10-11H2,1H3. The Morgan fingerprint density at radius 2 is 2.05 bits per heavy atom. The maximum absolute atomic E-state index is 10.6. The summed E-state index contributed by atoms with van der Waals surface area (Å²) in [7, 11) is 0. The first-order valence-corrected chi connectivity index (χ1v) is 6.50. The van der Waals surface area contributed by atoms with Gasteiger partial charge in [0.15, 0.2) is 5.79 Å². The van der Waals surface area contributed by atoms with Crippen molar-refractivity contribution in [3.63, 3.8) is 0 Å². The van der Waals surface area contributed by atoms with Crippen LogP contribution in [0.3, 0.4) is 0 Å². The second-order valence-corrected chi connectivity index (χ2v) is 5.11. The van der Waals surface area contributed by atoms with E-state index in [1.165, 1.54) is 25.1 Å². The smallest absolute Gasteiger partial charge is 0.269 e. The normalized spacial score (nSPS) is 23.8. The summed E-state index contributed by atoms with van der Waals surface area (Å²) in [4.78, 5) is 10.1. The number of benzene rings is 1. The first kappa shape index (κ1) is 15.4. The van der Waals surface area contributed by atoms with Gasteiger partial charge in [-0.3, -0.25) is 10.1 Å². The molecule has 0 radical (unpaired) electrons. The molecule has 2 rings (SSSR count). The highest BCUT2D eigenvalue weighted by Crippen LogP contribution is 2.32. The van der Waals surface area contributed by atoms with Crippen LogP contribution >= 0.6 is 0 Å². The Morgan fingerprint density at radius 3 is 2.57 bits per heavy atom. The number of nitro benzene ring substituents is 1. The number of rotatable bonds is 5. The van der Waals surface area contributed by atoms with Gasteiger partial charge in [0.05, 0.1) is 11.5 Å². The summed E-state index contributed by atoms with van der Waals surface area (Å²) in [5.74, 6) is -1.77. The van der Waals surface area contributed by atoms with Crippen molar-refractivity contribution in [2.24, 2.45) is 0 Å². The maximum atomic E-state index is 10.6. The second-order valence-electron chi connectivity index (χ2n) is 5.11. The molecule has 2 unspecified atom stereocenters. The molecule has 0 bridgehead atoms. The van der Waals surface area contributed by atoms with Crippen molar-refractivity contribution in [1.29, 1.82) is 0 Å². The maximum Gasteiger partial charge on any atom is 0.269 e. The molecule has 21 heavy (non-hydrogen) atoms. The van der Waals surface area contributed by atoms with E-state index in [-0.39, 0.29) is 18.7 Å². The van der Waals surface area contributed by atoms with Gasteiger partial charge in [0, 0.05) is 18.6 Å². The van der Waals surface area contributed by atoms with Crippen molar-refractivity contribution < 1.29 is 19.9 Å². The van der Waals surface area contributed by atoms with Gasteiger partial charge >= 0.3 is 0 Å². The highest BCUT2D eigenvalue weighted by Gasteiger charge is 2.44. The number of aliphatic hydroxyl groups is 2. The van der Waals surface area contributed by atoms with Crippen LogP contribution in [0.2, 0.25) is 0 Å². The van der Waals surface area contributed by atoms with Crippen molar-refractivity contribution in [3.05, 3.63) is 64.2 Å². The number of nitro groups is 1. The Morgan fingerprint density at radius 1 is 1.38 bits per heavy atom. The van der Waals surface area contributed by atoms with Crippen molar-refractivity contribution in [2.45, 2.75) is 31.3 Å². The first-order valence-electron chi connectivity index (χ1n) is 6.50. The third-order valence-electron chi connectivity index (χ3n) is 3.52. The summed E-state index contributed by atoms with van der Waals surface area (Å²) in [6, 6.07) is 5.83. The molecule has 0 saturated carbocycles. The molecular formula is C15H17NO5. The molecular weight excluding hydrogens is 274 g/mol. The van der Waals surface area contributed by atoms with Crippen molar-refractivity contribution >= 4 is 5.69 Å². The molecule has 112 valence electrons. The van der Waals surface area contributed by atoms with Gasteiger partial charge in [0.2, 0.25) is 0 Å². The lowest BCUT2D eigenvalue weighted by Gasteiger charge is -2.39. The molecule has 0 heterocycles. The lowest BCUT2D eigenvalue weighted by molar-refractivity contribution is -0.384. The number of hydrogen-bond donors (Lipinski definition) is 2. The Balaban J connectivity index is 2.02. The van der Waals surface area contributed by atoms with Gasteiger partial charge in [0.1, 0.15) is 5.60 Å². The van der Waals surface area contributed by atoms with Gasteiger partial charge in [-0.25, -0.2) is 0 Å². The molecule has 0 amide bonds. The molecule has 2 atom stereocenters. The predicted octanol–water partition coefficient (Wildman–Crippen LogP) is 2.07. The topological polar surface area (TPSA) is 92.8 Å². The highest BCUT2D eigenvalue weighted by molar-refractivity contribution is 5.32. The fourth-order valence-electron chi connectivity index (χ4n) is 2.02. The predicted molar refractivity (Wildman–Crippen MR) is 76.4 cm³/mol. The van der Waals surface area contributed by atoms with Crippen LogP contribution in [0, 0.1) is 10.1 Å². The lowest BCUT2D eigenvalue weighted by atomic mass is 9.87. The monoisotopic (exact) mass is 291 g/mol. The van der Waals surface area contributed by atoms with E-state index in [1.54, 1.807) is 30.4 Å². The van der Waals surface area contributed by atoms with E-state index in [9.17, 15) is 20.3 Å². The minimum Gasteiger partial charge on any atom is -0.380 e. The van der Waals surface area contributed by atoms with Crippen LogP contribution in [0.1, 0.15) is 18.9 Å². The zero-order valence-electron chi connectivity index (χ0n) is 11.6. The molecule has 1 aliphatic rings. The number of non-ortho nitro benzene ring substituents is 1. The molecule has 0 aliphatic heterocycles. The average molecular weight is 291 g/mol. The van der Waals surface area contributed by atoms with E-state index in [0.29, 0.717) is 5.56 Å². The van der Waals surface area contributed by atoms with Crippen LogP contribution in [0.15, 0.2) is 48.6 Å². The number of nitrogens with zero attached hydrogens (tertiary/aromatic N) is 1. The molecule has 0 fully saturated rings. The van der Waals surface area contributed by atoms with Crippen molar-refractivity contribution in [1.82, 2.24) is 0 Å². The SMILES string of the molecule is CC(O)(OCc1ccc([N+](=O)[O-])cc1)C1(O)C=CC=CC1. The van der Waals surface area contributed by atoms with E-state index in [4.69, 9.17) is 4.74 Å². The number of allylic oxidation sites excluding steroid dienone is 2. The van der Waals surface area contributed by atoms with Crippen molar-refractivity contribution in [3.8, 4) is 0 Å². The third kappa shape index (κ3) is 3.36. The molecule has 2 N–H and O–H groups in total. The van der Waals surface area contributed by atoms with Crippen LogP contribution in [-0.4, -0.2) is 26.5 Å². The van der Waals surface area contributed by atoms with E-state index in [1.807, 2.05) is 0 Å². The van der Waals surface area contributed by atoms with Crippen molar-refractivity contribution in [2.75, 3.05) is 0 Å². The molecule has 0 saturated heterocycles. The van der Waals surface area contributed by atoms with Crippen LogP contribution in [-0.2, 0) is 11.3 Å². The Kier molecular flexibility index (Phi) is 4.22. The highest BCUT2D eigenvalue weighted by atomic mass is 16.6. The van der Waals surface area contributed by atoms with Gasteiger partial charge in [-0.1, -0.05) is 18.2 Å². The van der Waals surface area contributed by atoms with Crippen LogP contribution in [0.25, 0.3) is 0 Å². The molecule has 1 aliphatic carbocycles. The van der Waals surface area contributed by atoms with E-state index in [2.05, 4.69) is 0 Å². The van der Waals surface area contributed by atoms with E-state index >= 15 is 0 Å². The summed E-state index contributed by atoms with van der Waals surface area (Å²) in [5, 5.41) is 31.3. The van der Waals surface area contributed by atoms with Gasteiger partial charge in [-0.05, 0) is 30.7 Å². The Hall–Kier alpha value is -2.02. The first-order chi connectivity index (χ1) is 9.84. The average Bonchev–Trinajstić information content (AvgIpc) is 2.46. The van der Waals surface area contributed by atoms with Gasteiger partial charge in [-0.15, -0.1) is 0 Å². The molecule has 0 aromatic heterocycles. The van der Waals surface area contributed by atoms with Crippen LogP contribution in [0.5, 0.6) is 0 Å². The molecule has 0 spiro atoms. The van der Waals surface area contributed by atoms with Gasteiger partial charge in [-0.2, -0.15) is 0 Å². The summed E-state index contributed by atoms with van der Waals surface area (Å²) < 4.78 is 5.41. The van der Waals surface area contributed by atoms with Gasteiger partial charge < -0.3 is 14.9 Å². The van der Waals surface area contributed by atoms with Gasteiger partial charge in [0.25, 0.3) is 5.69 Å². The molecule has 6 heteroatoms. The summed E-state index contributed by atoms with van der Waals surface area (Å²) in [6.45, 7) is 1.42. The zero-order valence-corrected chi connectivity index (χ0v) is 11.6.